The Morgan fingerprint density at radius 1 is 1.27 bits per heavy atom. The molecule has 0 atom stereocenters. The van der Waals surface area contributed by atoms with Gasteiger partial charge in [0, 0.05) is 10.0 Å². The number of hydrogen-bond acceptors (Lipinski definition) is 2. The zero-order valence-electron chi connectivity index (χ0n) is 8.16. The van der Waals surface area contributed by atoms with E-state index in [0.717, 1.165) is 27.3 Å². The van der Waals surface area contributed by atoms with Crippen LogP contribution in [0.25, 0.3) is 10.8 Å². The minimum atomic E-state index is 0.676. The third-order valence-electron chi connectivity index (χ3n) is 2.33. The van der Waals surface area contributed by atoms with Gasteiger partial charge in [0.15, 0.2) is 6.29 Å². The molecule has 0 amide bonds. The molecule has 0 N–H and O–H groups in total. The SMILES string of the molecule is COc1ccc2c(C=O)c(Br)ccc2c1. The van der Waals surface area contributed by atoms with Gasteiger partial charge < -0.3 is 4.74 Å². The standard InChI is InChI=1S/C12H9BrO2/c1-15-9-3-4-10-8(6-9)2-5-12(13)11(10)7-14/h2-7H,1H3. The molecule has 0 aliphatic carbocycles. The van der Waals surface area contributed by atoms with E-state index in [-0.39, 0.29) is 0 Å². The van der Waals surface area contributed by atoms with Crippen LogP contribution < -0.4 is 4.74 Å². The van der Waals surface area contributed by atoms with Crippen LogP contribution in [0.1, 0.15) is 10.4 Å². The lowest BCUT2D eigenvalue weighted by atomic mass is 10.1. The van der Waals surface area contributed by atoms with Gasteiger partial charge in [0.05, 0.1) is 7.11 Å². The Hall–Kier alpha value is -1.35. The number of rotatable bonds is 2. The van der Waals surface area contributed by atoms with Gasteiger partial charge in [-0.05, 0) is 35.0 Å². The molecule has 2 nitrogen and oxygen atoms in total. The maximum absolute atomic E-state index is 10.9. The topological polar surface area (TPSA) is 26.3 Å². The van der Waals surface area contributed by atoms with Gasteiger partial charge in [0.1, 0.15) is 5.75 Å². The van der Waals surface area contributed by atoms with Crippen LogP contribution in [0.2, 0.25) is 0 Å². The lowest BCUT2D eigenvalue weighted by Crippen LogP contribution is -1.87. The number of benzene rings is 2. The first-order valence-electron chi connectivity index (χ1n) is 4.47. The van der Waals surface area contributed by atoms with E-state index in [0.29, 0.717) is 5.56 Å². The molecule has 0 aliphatic rings. The summed E-state index contributed by atoms with van der Waals surface area (Å²) in [6.07, 6.45) is 0.860. The van der Waals surface area contributed by atoms with Crippen molar-refractivity contribution in [1.29, 1.82) is 0 Å². The third kappa shape index (κ3) is 1.75. The van der Waals surface area contributed by atoms with Crippen molar-refractivity contribution in [1.82, 2.24) is 0 Å². The Labute approximate surface area is 96.0 Å². The van der Waals surface area contributed by atoms with Crippen LogP contribution in [0.3, 0.4) is 0 Å². The minimum Gasteiger partial charge on any atom is -0.497 e. The molecule has 15 heavy (non-hydrogen) atoms. The maximum atomic E-state index is 10.9. The number of carbonyl (C=O) groups is 1. The third-order valence-corrected chi connectivity index (χ3v) is 3.02. The van der Waals surface area contributed by atoms with E-state index in [2.05, 4.69) is 15.9 Å². The van der Waals surface area contributed by atoms with E-state index in [1.807, 2.05) is 30.3 Å². The van der Waals surface area contributed by atoms with Crippen molar-refractivity contribution in [2.75, 3.05) is 7.11 Å². The van der Waals surface area contributed by atoms with E-state index >= 15 is 0 Å². The number of fused-ring (bicyclic) bond motifs is 1. The Morgan fingerprint density at radius 2 is 2.07 bits per heavy atom. The monoisotopic (exact) mass is 264 g/mol. The van der Waals surface area contributed by atoms with Crippen LogP contribution in [0, 0.1) is 0 Å². The first-order valence-corrected chi connectivity index (χ1v) is 5.27. The molecule has 0 saturated carbocycles. The van der Waals surface area contributed by atoms with Gasteiger partial charge in [-0.1, -0.05) is 22.0 Å². The summed E-state index contributed by atoms with van der Waals surface area (Å²) in [4.78, 5) is 10.9. The Morgan fingerprint density at radius 3 is 2.73 bits per heavy atom. The van der Waals surface area contributed by atoms with Gasteiger partial charge in [-0.15, -0.1) is 0 Å². The van der Waals surface area contributed by atoms with Crippen molar-refractivity contribution < 1.29 is 9.53 Å². The quantitative estimate of drug-likeness (QED) is 0.777. The van der Waals surface area contributed by atoms with E-state index in [1.165, 1.54) is 0 Å². The number of hydrogen-bond donors (Lipinski definition) is 0. The summed E-state index contributed by atoms with van der Waals surface area (Å²) in [7, 11) is 1.63. The van der Waals surface area contributed by atoms with Gasteiger partial charge in [-0.25, -0.2) is 0 Å². The van der Waals surface area contributed by atoms with Crippen molar-refractivity contribution in [3.05, 3.63) is 40.4 Å². The van der Waals surface area contributed by atoms with Crippen LogP contribution in [0.4, 0.5) is 0 Å². The lowest BCUT2D eigenvalue weighted by molar-refractivity contribution is 0.112. The number of ether oxygens (including phenoxy) is 1. The average molecular weight is 265 g/mol. The van der Waals surface area contributed by atoms with Gasteiger partial charge in [0.25, 0.3) is 0 Å². The predicted octanol–water partition coefficient (Wildman–Crippen LogP) is 3.42. The molecule has 2 rings (SSSR count). The first kappa shape index (κ1) is 10.2. The van der Waals surface area contributed by atoms with Crippen molar-refractivity contribution in [2.45, 2.75) is 0 Å². The number of halogens is 1. The Bertz CT molecular complexity index is 520. The summed E-state index contributed by atoms with van der Waals surface area (Å²) >= 11 is 3.35. The van der Waals surface area contributed by atoms with E-state index in [9.17, 15) is 4.79 Å². The van der Waals surface area contributed by atoms with Crippen LogP contribution in [0.5, 0.6) is 5.75 Å². The highest BCUT2D eigenvalue weighted by molar-refractivity contribution is 9.10. The molecule has 0 aromatic heterocycles. The second kappa shape index (κ2) is 4.03. The van der Waals surface area contributed by atoms with E-state index < -0.39 is 0 Å². The summed E-state index contributed by atoms with van der Waals surface area (Å²) in [5.74, 6) is 0.793. The highest BCUT2D eigenvalue weighted by atomic mass is 79.9. The molecule has 0 bridgehead atoms. The molecule has 0 spiro atoms. The first-order chi connectivity index (χ1) is 7.26. The molecule has 76 valence electrons. The fraction of sp³-hybridized carbons (Fsp3) is 0.0833. The highest BCUT2D eigenvalue weighted by Crippen LogP contribution is 2.27. The Balaban J connectivity index is 2.78. The number of aldehydes is 1. The van der Waals surface area contributed by atoms with Gasteiger partial charge in [-0.2, -0.15) is 0 Å². The fourth-order valence-corrected chi connectivity index (χ4v) is 1.99. The van der Waals surface area contributed by atoms with Crippen LogP contribution >= 0.6 is 15.9 Å². The summed E-state index contributed by atoms with van der Waals surface area (Å²) in [5, 5.41) is 1.93. The van der Waals surface area contributed by atoms with Crippen LogP contribution in [0.15, 0.2) is 34.8 Å². The van der Waals surface area contributed by atoms with Gasteiger partial charge >= 0.3 is 0 Å². The summed E-state index contributed by atoms with van der Waals surface area (Å²) in [5.41, 5.74) is 0.676. The van der Waals surface area contributed by atoms with Crippen molar-refractivity contribution in [3.63, 3.8) is 0 Å². The number of carbonyl (C=O) groups excluding carboxylic acids is 1. The van der Waals surface area contributed by atoms with Crippen LogP contribution in [-0.4, -0.2) is 13.4 Å². The van der Waals surface area contributed by atoms with Crippen LogP contribution in [-0.2, 0) is 0 Å². The minimum absolute atomic E-state index is 0.676. The average Bonchev–Trinajstić information content (AvgIpc) is 2.28. The molecule has 2 aromatic rings. The molecule has 0 unspecified atom stereocenters. The largest absolute Gasteiger partial charge is 0.497 e. The summed E-state index contributed by atoms with van der Waals surface area (Å²) in [6.45, 7) is 0. The van der Waals surface area contributed by atoms with Crippen molar-refractivity contribution in [3.8, 4) is 5.75 Å². The summed E-state index contributed by atoms with van der Waals surface area (Å²) in [6, 6.07) is 9.47. The smallest absolute Gasteiger partial charge is 0.151 e. The number of methoxy groups -OCH3 is 1. The summed E-state index contributed by atoms with van der Waals surface area (Å²) < 4.78 is 5.94. The Kier molecular flexibility index (Phi) is 2.73. The van der Waals surface area contributed by atoms with Crippen molar-refractivity contribution in [2.24, 2.45) is 0 Å². The molecule has 0 radical (unpaired) electrons. The maximum Gasteiger partial charge on any atom is 0.151 e. The van der Waals surface area contributed by atoms with Gasteiger partial charge in [-0.3, -0.25) is 4.79 Å². The fourth-order valence-electron chi connectivity index (χ4n) is 1.55. The second-order valence-corrected chi connectivity index (χ2v) is 4.02. The molecular formula is C12H9BrO2. The second-order valence-electron chi connectivity index (χ2n) is 3.17. The lowest BCUT2D eigenvalue weighted by Gasteiger charge is -2.05. The van der Waals surface area contributed by atoms with Crippen molar-refractivity contribution >= 4 is 33.0 Å². The zero-order chi connectivity index (χ0) is 10.8. The molecule has 0 saturated heterocycles. The molecule has 0 aliphatic heterocycles. The zero-order valence-corrected chi connectivity index (χ0v) is 9.74. The highest BCUT2D eigenvalue weighted by Gasteiger charge is 2.05. The molecular weight excluding hydrogens is 256 g/mol. The van der Waals surface area contributed by atoms with E-state index in [4.69, 9.17) is 4.74 Å². The van der Waals surface area contributed by atoms with Gasteiger partial charge in [0.2, 0.25) is 0 Å². The molecule has 3 heteroatoms. The molecule has 0 fully saturated rings. The predicted molar refractivity (Wildman–Crippen MR) is 63.6 cm³/mol. The van der Waals surface area contributed by atoms with E-state index in [1.54, 1.807) is 7.11 Å². The molecule has 2 aromatic carbocycles. The normalized spacial score (nSPS) is 10.3. The molecule has 0 heterocycles.